The third-order valence-corrected chi connectivity index (χ3v) is 4.84. The Kier molecular flexibility index (Phi) is 4.88. The van der Waals surface area contributed by atoms with Gasteiger partial charge in [0.15, 0.2) is 0 Å². The summed E-state index contributed by atoms with van der Waals surface area (Å²) in [7, 11) is 3.69. The zero-order valence-electron chi connectivity index (χ0n) is 15.7. The number of urea groups is 1. The summed E-state index contributed by atoms with van der Waals surface area (Å²) >= 11 is 0. The number of aromatic nitrogens is 1. The number of amides is 3. The van der Waals surface area contributed by atoms with Crippen molar-refractivity contribution in [2.45, 2.75) is 44.7 Å². The molecule has 2 N–H and O–H groups in total. The molecule has 0 aliphatic carbocycles. The highest BCUT2D eigenvalue weighted by atomic mass is 16.5. The quantitative estimate of drug-likeness (QED) is 0.831. The van der Waals surface area contributed by atoms with E-state index < -0.39 is 5.54 Å². The molecule has 1 aromatic rings. The number of hydrogen-bond acceptors (Lipinski definition) is 6. The largest absolute Gasteiger partial charge is 0.361 e. The van der Waals surface area contributed by atoms with Crippen LogP contribution in [0.25, 0.3) is 0 Å². The lowest BCUT2D eigenvalue weighted by Gasteiger charge is -2.35. The van der Waals surface area contributed by atoms with Gasteiger partial charge in [-0.2, -0.15) is 0 Å². The molecular formula is C17H26N6O3. The topological polar surface area (TPSA) is 103 Å². The number of rotatable bonds is 3. The SMILES string of the molecule is CC(C)c1cc(CNC(=O)N2CCC3(CC2)N=C(N(C)C)NC3=O)no1. The van der Waals surface area contributed by atoms with Crippen LogP contribution in [-0.4, -0.2) is 65.6 Å². The number of hydrogen-bond donors (Lipinski definition) is 2. The number of carbonyl (C=O) groups is 2. The molecule has 2 aliphatic heterocycles. The maximum atomic E-state index is 12.4. The summed E-state index contributed by atoms with van der Waals surface area (Å²) in [5.41, 5.74) is -0.0415. The van der Waals surface area contributed by atoms with Crippen molar-refractivity contribution in [2.24, 2.45) is 4.99 Å². The van der Waals surface area contributed by atoms with E-state index in [1.54, 1.807) is 9.80 Å². The standard InChI is InChI=1S/C17H26N6O3/c1-11(2)13-9-12(21-26-13)10-18-16(25)23-7-5-17(6-8-23)14(24)19-15(20-17)22(3)4/h9,11H,5-8,10H2,1-4H3,(H,18,25)(H,19,20,24). The third kappa shape index (κ3) is 3.51. The predicted octanol–water partition coefficient (Wildman–Crippen LogP) is 0.890. The van der Waals surface area contributed by atoms with E-state index in [-0.39, 0.29) is 17.9 Å². The third-order valence-electron chi connectivity index (χ3n) is 4.84. The fourth-order valence-corrected chi connectivity index (χ4v) is 3.09. The first-order chi connectivity index (χ1) is 12.3. The monoisotopic (exact) mass is 362 g/mol. The van der Waals surface area contributed by atoms with Gasteiger partial charge in [-0.25, -0.2) is 9.79 Å². The van der Waals surface area contributed by atoms with Crippen molar-refractivity contribution in [2.75, 3.05) is 27.2 Å². The highest BCUT2D eigenvalue weighted by molar-refractivity contribution is 6.07. The van der Waals surface area contributed by atoms with E-state index in [0.29, 0.717) is 44.1 Å². The summed E-state index contributed by atoms with van der Waals surface area (Å²) in [6.07, 6.45) is 1.04. The van der Waals surface area contributed by atoms with Gasteiger partial charge in [-0.05, 0) is 12.8 Å². The Labute approximate surface area is 152 Å². The van der Waals surface area contributed by atoms with Gasteiger partial charge in [0, 0.05) is 39.2 Å². The van der Waals surface area contributed by atoms with Gasteiger partial charge in [0.1, 0.15) is 17.0 Å². The number of guanidine groups is 1. The lowest BCUT2D eigenvalue weighted by atomic mass is 9.88. The lowest BCUT2D eigenvalue weighted by Crippen LogP contribution is -2.52. The Balaban J connectivity index is 1.53. The number of nitrogens with one attached hydrogen (secondary N) is 2. The molecule has 9 heteroatoms. The van der Waals surface area contributed by atoms with Crippen molar-refractivity contribution in [3.05, 3.63) is 17.5 Å². The molecule has 142 valence electrons. The van der Waals surface area contributed by atoms with E-state index in [1.807, 2.05) is 34.0 Å². The van der Waals surface area contributed by atoms with E-state index in [0.717, 1.165) is 5.76 Å². The maximum absolute atomic E-state index is 12.4. The van der Waals surface area contributed by atoms with Crippen LogP contribution >= 0.6 is 0 Å². The van der Waals surface area contributed by atoms with E-state index in [2.05, 4.69) is 20.8 Å². The second-order valence-corrected chi connectivity index (χ2v) is 7.34. The average molecular weight is 362 g/mol. The Morgan fingerprint density at radius 1 is 1.42 bits per heavy atom. The Bertz CT molecular complexity index is 716. The predicted molar refractivity (Wildman–Crippen MR) is 95.6 cm³/mol. The molecule has 0 atom stereocenters. The summed E-state index contributed by atoms with van der Waals surface area (Å²) in [5, 5.41) is 9.64. The number of piperidine rings is 1. The number of aliphatic imine (C=N–C) groups is 1. The van der Waals surface area contributed by atoms with Gasteiger partial charge in [-0.3, -0.25) is 10.1 Å². The van der Waals surface area contributed by atoms with Crippen molar-refractivity contribution in [3.8, 4) is 0 Å². The molecule has 1 spiro atoms. The minimum absolute atomic E-state index is 0.0786. The molecule has 1 aromatic heterocycles. The molecule has 2 aliphatic rings. The van der Waals surface area contributed by atoms with Crippen LogP contribution in [0.1, 0.15) is 44.1 Å². The summed E-state index contributed by atoms with van der Waals surface area (Å²) < 4.78 is 5.23. The highest BCUT2D eigenvalue weighted by Crippen LogP contribution is 2.30. The van der Waals surface area contributed by atoms with Crippen LogP contribution in [0.5, 0.6) is 0 Å². The first-order valence-corrected chi connectivity index (χ1v) is 8.87. The molecule has 0 bridgehead atoms. The van der Waals surface area contributed by atoms with Gasteiger partial charge < -0.3 is 19.6 Å². The second kappa shape index (κ2) is 6.97. The van der Waals surface area contributed by atoms with Crippen LogP contribution in [0, 0.1) is 0 Å². The van der Waals surface area contributed by atoms with Crippen LogP contribution < -0.4 is 10.6 Å². The first-order valence-electron chi connectivity index (χ1n) is 8.87. The van der Waals surface area contributed by atoms with E-state index >= 15 is 0 Å². The molecule has 3 amide bonds. The van der Waals surface area contributed by atoms with Crippen LogP contribution in [0.2, 0.25) is 0 Å². The molecule has 0 unspecified atom stereocenters. The van der Waals surface area contributed by atoms with E-state index in [4.69, 9.17) is 4.52 Å². The number of likely N-dealkylation sites (tertiary alicyclic amines) is 1. The fraction of sp³-hybridized carbons (Fsp3) is 0.647. The van der Waals surface area contributed by atoms with Gasteiger partial charge >= 0.3 is 6.03 Å². The molecule has 26 heavy (non-hydrogen) atoms. The summed E-state index contributed by atoms with van der Waals surface area (Å²) in [5.74, 6) is 1.57. The summed E-state index contributed by atoms with van der Waals surface area (Å²) in [6.45, 7) is 5.34. The zero-order chi connectivity index (χ0) is 18.9. The summed E-state index contributed by atoms with van der Waals surface area (Å²) in [4.78, 5) is 32.8. The molecule has 9 nitrogen and oxygen atoms in total. The molecule has 1 saturated heterocycles. The minimum Gasteiger partial charge on any atom is -0.361 e. The normalized spacial score (nSPS) is 18.9. The summed E-state index contributed by atoms with van der Waals surface area (Å²) in [6, 6.07) is 1.69. The van der Waals surface area contributed by atoms with Gasteiger partial charge in [0.2, 0.25) is 5.96 Å². The van der Waals surface area contributed by atoms with Gasteiger partial charge in [0.05, 0.1) is 6.54 Å². The molecule has 3 heterocycles. The van der Waals surface area contributed by atoms with Crippen LogP contribution in [-0.2, 0) is 11.3 Å². The lowest BCUT2D eigenvalue weighted by molar-refractivity contribution is -0.125. The van der Waals surface area contributed by atoms with Crippen molar-refractivity contribution < 1.29 is 14.1 Å². The minimum atomic E-state index is -0.741. The van der Waals surface area contributed by atoms with Crippen molar-refractivity contribution >= 4 is 17.9 Å². The first kappa shape index (κ1) is 18.2. The van der Waals surface area contributed by atoms with Crippen LogP contribution in [0.4, 0.5) is 4.79 Å². The average Bonchev–Trinajstić information content (AvgIpc) is 3.20. The van der Waals surface area contributed by atoms with E-state index in [1.165, 1.54) is 0 Å². The fourth-order valence-electron chi connectivity index (χ4n) is 3.09. The van der Waals surface area contributed by atoms with Crippen molar-refractivity contribution in [1.29, 1.82) is 0 Å². The Morgan fingerprint density at radius 3 is 2.65 bits per heavy atom. The molecule has 0 aromatic carbocycles. The number of nitrogens with zero attached hydrogens (tertiary/aromatic N) is 4. The molecule has 1 fully saturated rings. The molecule has 0 radical (unpaired) electrons. The van der Waals surface area contributed by atoms with E-state index in [9.17, 15) is 9.59 Å². The molecule has 3 rings (SSSR count). The highest BCUT2D eigenvalue weighted by Gasteiger charge is 2.46. The maximum Gasteiger partial charge on any atom is 0.317 e. The zero-order valence-corrected chi connectivity index (χ0v) is 15.7. The van der Waals surface area contributed by atoms with Crippen molar-refractivity contribution in [1.82, 2.24) is 25.6 Å². The van der Waals surface area contributed by atoms with Crippen molar-refractivity contribution in [3.63, 3.8) is 0 Å². The Hall–Kier alpha value is -2.58. The molecular weight excluding hydrogens is 336 g/mol. The molecule has 0 saturated carbocycles. The smallest absolute Gasteiger partial charge is 0.317 e. The second-order valence-electron chi connectivity index (χ2n) is 7.34. The van der Waals surface area contributed by atoms with Gasteiger partial charge in [-0.15, -0.1) is 0 Å². The Morgan fingerprint density at radius 2 is 2.12 bits per heavy atom. The van der Waals surface area contributed by atoms with Gasteiger partial charge in [0.25, 0.3) is 5.91 Å². The van der Waals surface area contributed by atoms with Gasteiger partial charge in [-0.1, -0.05) is 19.0 Å². The van der Waals surface area contributed by atoms with Crippen LogP contribution in [0.15, 0.2) is 15.6 Å². The number of carbonyl (C=O) groups excluding carboxylic acids is 2. The van der Waals surface area contributed by atoms with Crippen LogP contribution in [0.3, 0.4) is 0 Å².